The smallest absolute Gasteiger partial charge is 0.338 e. The molecule has 0 bridgehead atoms. The van der Waals surface area contributed by atoms with Gasteiger partial charge in [-0.1, -0.05) is 28.6 Å². The average Bonchev–Trinajstić information content (AvgIpc) is 3.03. The van der Waals surface area contributed by atoms with Crippen molar-refractivity contribution in [1.82, 2.24) is 10.2 Å². The van der Waals surface area contributed by atoms with E-state index in [1.165, 1.54) is 11.0 Å². The Hall–Kier alpha value is -2.48. The van der Waals surface area contributed by atoms with Crippen LogP contribution in [0.3, 0.4) is 0 Å². The molecule has 25 heavy (non-hydrogen) atoms. The molecule has 2 aliphatic heterocycles. The number of benzene rings is 1. The van der Waals surface area contributed by atoms with Crippen molar-refractivity contribution < 1.29 is 23.8 Å². The highest BCUT2D eigenvalue weighted by atomic mass is 79.9. The van der Waals surface area contributed by atoms with E-state index in [1.54, 1.807) is 26.1 Å². The van der Waals surface area contributed by atoms with Crippen molar-refractivity contribution in [3.8, 4) is 11.5 Å². The van der Waals surface area contributed by atoms with E-state index in [0.29, 0.717) is 32.8 Å². The number of nitrogens with one attached hydrogen (secondary N) is 1. The van der Waals surface area contributed by atoms with Crippen molar-refractivity contribution in [3.63, 3.8) is 0 Å². The molecule has 2 amide bonds. The second-order valence-corrected chi connectivity index (χ2v) is 6.41. The van der Waals surface area contributed by atoms with Crippen molar-refractivity contribution in [2.75, 3.05) is 20.4 Å². The van der Waals surface area contributed by atoms with Crippen LogP contribution in [0.15, 0.2) is 40.5 Å². The lowest BCUT2D eigenvalue weighted by Crippen LogP contribution is -2.46. The van der Waals surface area contributed by atoms with Crippen LogP contribution in [0.4, 0.5) is 4.79 Å². The normalized spacial score (nSPS) is 18.9. The molecule has 8 heteroatoms. The number of halogens is 1. The predicted molar refractivity (Wildman–Crippen MR) is 93.2 cm³/mol. The number of carbonyl (C=O) groups is 2. The number of esters is 1. The average molecular weight is 409 g/mol. The van der Waals surface area contributed by atoms with Crippen LogP contribution in [-0.2, 0) is 9.53 Å². The molecule has 1 N–H and O–H groups in total. The van der Waals surface area contributed by atoms with E-state index in [1.807, 2.05) is 0 Å². The Balaban J connectivity index is 2.07. The van der Waals surface area contributed by atoms with Gasteiger partial charge in [0.1, 0.15) is 6.61 Å². The zero-order valence-corrected chi connectivity index (χ0v) is 15.4. The van der Waals surface area contributed by atoms with Crippen LogP contribution in [0.2, 0.25) is 0 Å². The molecule has 0 aliphatic carbocycles. The Morgan fingerprint density at radius 2 is 2.16 bits per heavy atom. The third-order valence-corrected chi connectivity index (χ3v) is 4.80. The summed E-state index contributed by atoms with van der Waals surface area (Å²) in [5.41, 5.74) is 1.55. The first-order valence-electron chi connectivity index (χ1n) is 7.56. The fourth-order valence-corrected chi connectivity index (χ4v) is 3.25. The molecule has 2 aliphatic rings. The molecule has 1 aromatic carbocycles. The van der Waals surface area contributed by atoms with Crippen molar-refractivity contribution in [2.45, 2.75) is 13.0 Å². The first kappa shape index (κ1) is 17.3. The Morgan fingerprint density at radius 1 is 1.48 bits per heavy atom. The number of hydrogen-bond donors (Lipinski definition) is 1. The summed E-state index contributed by atoms with van der Waals surface area (Å²) in [5, 5.41) is 2.83. The first-order valence-corrected chi connectivity index (χ1v) is 8.35. The fourth-order valence-electron chi connectivity index (χ4n) is 2.70. The molecular weight excluding hydrogens is 392 g/mol. The maximum absolute atomic E-state index is 12.6. The monoisotopic (exact) mass is 408 g/mol. The van der Waals surface area contributed by atoms with Gasteiger partial charge >= 0.3 is 12.0 Å². The molecule has 1 aromatic rings. The number of rotatable bonds is 4. The molecule has 1 atom stereocenters. The van der Waals surface area contributed by atoms with Gasteiger partial charge in [0, 0.05) is 17.2 Å². The van der Waals surface area contributed by atoms with Crippen molar-refractivity contribution in [1.29, 1.82) is 0 Å². The number of ether oxygens (including phenoxy) is 3. The Morgan fingerprint density at radius 3 is 2.84 bits per heavy atom. The molecule has 0 spiro atoms. The third-order valence-electron chi connectivity index (χ3n) is 4.11. The molecule has 132 valence electrons. The van der Waals surface area contributed by atoms with Gasteiger partial charge in [-0.3, -0.25) is 0 Å². The lowest BCUT2D eigenvalue weighted by atomic mass is 9.94. The molecule has 2 heterocycles. The largest absolute Gasteiger partial charge is 0.458 e. The minimum absolute atomic E-state index is 0.0856. The van der Waals surface area contributed by atoms with Crippen LogP contribution < -0.4 is 14.8 Å². The van der Waals surface area contributed by atoms with Gasteiger partial charge in [-0.25, -0.2) is 9.59 Å². The van der Waals surface area contributed by atoms with Crippen molar-refractivity contribution >= 4 is 27.9 Å². The van der Waals surface area contributed by atoms with Gasteiger partial charge in [-0.15, -0.1) is 0 Å². The van der Waals surface area contributed by atoms with E-state index in [2.05, 4.69) is 27.8 Å². The number of amides is 2. The molecule has 0 saturated heterocycles. The van der Waals surface area contributed by atoms with Crippen LogP contribution in [0.5, 0.6) is 11.5 Å². The summed E-state index contributed by atoms with van der Waals surface area (Å²) in [7, 11) is 1.59. The number of fused-ring (bicyclic) bond motifs is 1. The van der Waals surface area contributed by atoms with Crippen LogP contribution in [0.1, 0.15) is 18.5 Å². The number of urea groups is 1. The molecule has 0 aromatic heterocycles. The second kappa shape index (κ2) is 6.79. The van der Waals surface area contributed by atoms with Gasteiger partial charge < -0.3 is 24.4 Å². The highest BCUT2D eigenvalue weighted by molar-refractivity contribution is 9.10. The van der Waals surface area contributed by atoms with E-state index < -0.39 is 12.0 Å². The molecule has 0 saturated carbocycles. The van der Waals surface area contributed by atoms with Gasteiger partial charge in [0.25, 0.3) is 0 Å². The fraction of sp³-hybridized carbons (Fsp3) is 0.294. The third kappa shape index (κ3) is 3.09. The quantitative estimate of drug-likeness (QED) is 0.612. The lowest BCUT2D eigenvalue weighted by molar-refractivity contribution is -0.138. The molecule has 0 unspecified atom stereocenters. The van der Waals surface area contributed by atoms with Gasteiger partial charge in [-0.2, -0.15) is 0 Å². The van der Waals surface area contributed by atoms with Gasteiger partial charge in [-0.05, 0) is 24.6 Å². The van der Waals surface area contributed by atoms with E-state index >= 15 is 0 Å². The van der Waals surface area contributed by atoms with E-state index in [0.717, 1.165) is 0 Å². The summed E-state index contributed by atoms with van der Waals surface area (Å²) in [6.45, 7) is 5.47. The van der Waals surface area contributed by atoms with Crippen LogP contribution in [0, 0.1) is 0 Å². The van der Waals surface area contributed by atoms with Gasteiger partial charge in [0.05, 0.1) is 11.6 Å². The minimum atomic E-state index is -0.676. The summed E-state index contributed by atoms with van der Waals surface area (Å²) in [4.78, 5) is 26.2. The van der Waals surface area contributed by atoms with E-state index in [9.17, 15) is 9.59 Å². The Bertz CT molecular complexity index is 789. The number of hydrogen-bond acceptors (Lipinski definition) is 5. The van der Waals surface area contributed by atoms with E-state index in [-0.39, 0.29) is 19.4 Å². The van der Waals surface area contributed by atoms with Gasteiger partial charge in [0.15, 0.2) is 11.5 Å². The van der Waals surface area contributed by atoms with E-state index in [4.69, 9.17) is 14.2 Å². The predicted octanol–water partition coefficient (Wildman–Crippen LogP) is 2.88. The van der Waals surface area contributed by atoms with Crippen LogP contribution in [0.25, 0.3) is 0 Å². The number of allylic oxidation sites excluding steroid dienone is 1. The SMILES string of the molecule is C=CCOC(=O)C1=C(C)N(C)C(=O)N[C@@H]1c1cc2c(cc1Br)OCO2. The lowest BCUT2D eigenvalue weighted by Gasteiger charge is -2.33. The topological polar surface area (TPSA) is 77.1 Å². The molecular formula is C17H17BrN2O5. The molecule has 0 radical (unpaired) electrons. The zero-order valence-electron chi connectivity index (χ0n) is 13.8. The zero-order chi connectivity index (χ0) is 18.1. The highest BCUT2D eigenvalue weighted by Crippen LogP contribution is 2.42. The van der Waals surface area contributed by atoms with Gasteiger partial charge in [0.2, 0.25) is 6.79 Å². The highest BCUT2D eigenvalue weighted by Gasteiger charge is 2.36. The molecule has 7 nitrogen and oxygen atoms in total. The summed E-state index contributed by atoms with van der Waals surface area (Å²) in [5.74, 6) is 0.646. The number of carbonyl (C=O) groups excluding carboxylic acids is 2. The standard InChI is InChI=1S/C17H17BrN2O5/c1-4-5-23-16(21)14-9(2)20(3)17(22)19-15(14)10-6-12-13(7-11(10)18)25-8-24-12/h4,6-7,15H,1,5,8H2,2-3H3,(H,19,22)/t15-/m1/s1. The maximum Gasteiger partial charge on any atom is 0.338 e. The Kier molecular flexibility index (Phi) is 4.71. The van der Waals surface area contributed by atoms with Crippen LogP contribution >= 0.6 is 15.9 Å². The first-order chi connectivity index (χ1) is 11.9. The van der Waals surface area contributed by atoms with Crippen molar-refractivity contribution in [3.05, 3.63) is 46.1 Å². The Labute approximate surface area is 153 Å². The molecule has 0 fully saturated rings. The maximum atomic E-state index is 12.6. The minimum Gasteiger partial charge on any atom is -0.458 e. The summed E-state index contributed by atoms with van der Waals surface area (Å²) in [6.07, 6.45) is 1.49. The summed E-state index contributed by atoms with van der Waals surface area (Å²) < 4.78 is 16.6. The second-order valence-electron chi connectivity index (χ2n) is 5.55. The van der Waals surface area contributed by atoms with Crippen molar-refractivity contribution in [2.24, 2.45) is 0 Å². The molecule has 3 rings (SSSR count). The summed E-state index contributed by atoms with van der Waals surface area (Å²) in [6, 6.07) is 2.51. The number of nitrogens with zero attached hydrogens (tertiary/aromatic N) is 1. The van der Waals surface area contributed by atoms with Crippen LogP contribution in [-0.4, -0.2) is 37.3 Å². The summed E-state index contributed by atoms with van der Waals surface area (Å²) >= 11 is 3.48.